The molecule has 0 aliphatic heterocycles. The van der Waals surface area contributed by atoms with Crippen LogP contribution >= 0.6 is 0 Å². The molecule has 3 aromatic carbocycles. The SMILES string of the molecule is Nc1nc(N)c2cc(NCc3ccc(CCNC(=O)c4cccc(F)c4)cc3)ccc2n1. The van der Waals surface area contributed by atoms with Crippen LogP contribution in [0.25, 0.3) is 10.9 Å². The van der Waals surface area contributed by atoms with Gasteiger partial charge in [0.25, 0.3) is 5.91 Å². The number of benzene rings is 3. The fourth-order valence-corrected chi connectivity index (χ4v) is 3.36. The zero-order valence-corrected chi connectivity index (χ0v) is 17.3. The first kappa shape index (κ1) is 21.0. The van der Waals surface area contributed by atoms with E-state index in [9.17, 15) is 9.18 Å². The number of nitrogens with zero attached hydrogens (tertiary/aromatic N) is 2. The van der Waals surface area contributed by atoms with Crippen molar-refractivity contribution in [3.63, 3.8) is 0 Å². The average molecular weight is 430 g/mol. The molecule has 0 atom stereocenters. The normalized spacial score (nSPS) is 10.8. The lowest BCUT2D eigenvalue weighted by atomic mass is 10.1. The number of fused-ring (bicyclic) bond motifs is 1. The van der Waals surface area contributed by atoms with E-state index < -0.39 is 5.82 Å². The van der Waals surface area contributed by atoms with Crippen LogP contribution in [0.15, 0.2) is 66.7 Å². The number of nitrogens with two attached hydrogens (primary N) is 2. The third-order valence-electron chi connectivity index (χ3n) is 5.05. The first-order valence-corrected chi connectivity index (χ1v) is 10.2. The van der Waals surface area contributed by atoms with Gasteiger partial charge in [-0.1, -0.05) is 30.3 Å². The number of nitrogen functional groups attached to an aromatic ring is 2. The Labute approximate surface area is 184 Å². The van der Waals surface area contributed by atoms with E-state index in [-0.39, 0.29) is 11.9 Å². The molecule has 0 unspecified atom stereocenters. The van der Waals surface area contributed by atoms with Crippen molar-refractivity contribution in [1.29, 1.82) is 0 Å². The van der Waals surface area contributed by atoms with Crippen LogP contribution in [0.2, 0.25) is 0 Å². The summed E-state index contributed by atoms with van der Waals surface area (Å²) in [5, 5.41) is 6.93. The summed E-state index contributed by atoms with van der Waals surface area (Å²) < 4.78 is 13.2. The predicted octanol–water partition coefficient (Wildman–Crippen LogP) is 3.52. The van der Waals surface area contributed by atoms with Gasteiger partial charge in [0.15, 0.2) is 0 Å². The lowest BCUT2D eigenvalue weighted by molar-refractivity contribution is 0.0953. The van der Waals surface area contributed by atoms with Crippen LogP contribution in [0.5, 0.6) is 0 Å². The number of halogens is 1. The molecule has 7 nitrogen and oxygen atoms in total. The highest BCUT2D eigenvalue weighted by molar-refractivity contribution is 5.94. The second-order valence-corrected chi connectivity index (χ2v) is 7.39. The van der Waals surface area contributed by atoms with Gasteiger partial charge in [-0.2, -0.15) is 4.98 Å². The number of nitrogens with one attached hydrogen (secondary N) is 2. The molecule has 4 rings (SSSR count). The van der Waals surface area contributed by atoms with E-state index >= 15 is 0 Å². The molecule has 32 heavy (non-hydrogen) atoms. The zero-order chi connectivity index (χ0) is 22.5. The number of rotatable bonds is 7. The first-order chi connectivity index (χ1) is 15.5. The van der Waals surface area contributed by atoms with Gasteiger partial charge in [0.1, 0.15) is 11.6 Å². The van der Waals surface area contributed by atoms with Crippen LogP contribution in [0.3, 0.4) is 0 Å². The lowest BCUT2D eigenvalue weighted by Gasteiger charge is -2.10. The molecule has 0 aliphatic carbocycles. The Balaban J connectivity index is 1.29. The van der Waals surface area contributed by atoms with Crippen LogP contribution in [0, 0.1) is 5.82 Å². The zero-order valence-electron chi connectivity index (χ0n) is 17.3. The first-order valence-electron chi connectivity index (χ1n) is 10.2. The minimum atomic E-state index is -0.424. The highest BCUT2D eigenvalue weighted by Gasteiger charge is 2.07. The Bertz CT molecular complexity index is 1260. The predicted molar refractivity (Wildman–Crippen MR) is 125 cm³/mol. The van der Waals surface area contributed by atoms with Crippen LogP contribution in [0.1, 0.15) is 21.5 Å². The third kappa shape index (κ3) is 5.10. The van der Waals surface area contributed by atoms with Crippen molar-refractivity contribution in [3.05, 3.63) is 89.2 Å². The molecule has 0 bridgehead atoms. The van der Waals surface area contributed by atoms with Crippen LogP contribution in [0.4, 0.5) is 21.8 Å². The van der Waals surface area contributed by atoms with E-state index in [4.69, 9.17) is 11.5 Å². The smallest absolute Gasteiger partial charge is 0.251 e. The number of hydrogen-bond donors (Lipinski definition) is 4. The number of aromatic nitrogens is 2. The second kappa shape index (κ2) is 9.30. The van der Waals surface area contributed by atoms with Crippen molar-refractivity contribution in [2.45, 2.75) is 13.0 Å². The summed E-state index contributed by atoms with van der Waals surface area (Å²) in [5.74, 6) is -0.198. The second-order valence-electron chi connectivity index (χ2n) is 7.39. The third-order valence-corrected chi connectivity index (χ3v) is 5.05. The summed E-state index contributed by atoms with van der Waals surface area (Å²) in [5.41, 5.74) is 15.7. The van der Waals surface area contributed by atoms with Gasteiger partial charge in [-0.15, -0.1) is 0 Å². The van der Waals surface area contributed by atoms with Gasteiger partial charge in [0.05, 0.1) is 5.52 Å². The molecule has 162 valence electrons. The Hall–Kier alpha value is -4.20. The summed E-state index contributed by atoms with van der Waals surface area (Å²) in [6, 6.07) is 19.5. The molecule has 1 amide bonds. The van der Waals surface area contributed by atoms with Crippen LogP contribution < -0.4 is 22.1 Å². The monoisotopic (exact) mass is 430 g/mol. The van der Waals surface area contributed by atoms with E-state index in [1.165, 1.54) is 18.2 Å². The standard InChI is InChI=1S/C24H23FN6O/c25-18-3-1-2-17(12-18)23(32)28-11-10-15-4-6-16(7-5-15)14-29-19-8-9-21-20(13-19)22(26)31-24(27)30-21/h1-9,12-13,29H,10-11,14H2,(H,28,32)(H4,26,27,30,31). The molecule has 4 aromatic rings. The Morgan fingerprint density at radius 3 is 2.50 bits per heavy atom. The lowest BCUT2D eigenvalue weighted by Crippen LogP contribution is -2.25. The fourth-order valence-electron chi connectivity index (χ4n) is 3.36. The number of carbonyl (C=O) groups excluding carboxylic acids is 1. The van der Waals surface area contributed by atoms with E-state index in [0.717, 1.165) is 22.2 Å². The molecule has 0 saturated heterocycles. The minimum Gasteiger partial charge on any atom is -0.383 e. The highest BCUT2D eigenvalue weighted by Crippen LogP contribution is 2.23. The Kier molecular flexibility index (Phi) is 6.12. The number of hydrogen-bond acceptors (Lipinski definition) is 6. The van der Waals surface area contributed by atoms with Crippen LogP contribution in [-0.4, -0.2) is 22.4 Å². The van der Waals surface area contributed by atoms with Crippen molar-refractivity contribution in [3.8, 4) is 0 Å². The summed E-state index contributed by atoms with van der Waals surface area (Å²) >= 11 is 0. The summed E-state index contributed by atoms with van der Waals surface area (Å²) in [7, 11) is 0. The van der Waals surface area contributed by atoms with Gasteiger partial charge in [0, 0.05) is 29.7 Å². The van der Waals surface area contributed by atoms with Crippen molar-refractivity contribution < 1.29 is 9.18 Å². The molecule has 0 aliphatic rings. The van der Waals surface area contributed by atoms with Crippen molar-refractivity contribution in [1.82, 2.24) is 15.3 Å². The van der Waals surface area contributed by atoms with Crippen molar-refractivity contribution >= 4 is 34.3 Å². The molecule has 0 radical (unpaired) electrons. The van der Waals surface area contributed by atoms with Gasteiger partial charge in [-0.05, 0) is 53.9 Å². The molecule has 1 heterocycles. The van der Waals surface area contributed by atoms with Crippen molar-refractivity contribution in [2.24, 2.45) is 0 Å². The van der Waals surface area contributed by atoms with Gasteiger partial charge < -0.3 is 22.1 Å². The maximum absolute atomic E-state index is 13.2. The van der Waals surface area contributed by atoms with Gasteiger partial charge in [0.2, 0.25) is 5.95 Å². The average Bonchev–Trinajstić information content (AvgIpc) is 2.78. The van der Waals surface area contributed by atoms with Crippen molar-refractivity contribution in [2.75, 3.05) is 23.3 Å². The maximum atomic E-state index is 13.2. The maximum Gasteiger partial charge on any atom is 0.251 e. The molecular formula is C24H23FN6O. The molecule has 0 fully saturated rings. The molecule has 1 aromatic heterocycles. The van der Waals surface area contributed by atoms with Gasteiger partial charge in [-0.25, -0.2) is 9.37 Å². The molecule has 6 N–H and O–H groups in total. The Morgan fingerprint density at radius 1 is 0.938 bits per heavy atom. The van der Waals surface area contributed by atoms with Crippen LogP contribution in [-0.2, 0) is 13.0 Å². The minimum absolute atomic E-state index is 0.157. The topological polar surface area (TPSA) is 119 Å². The largest absolute Gasteiger partial charge is 0.383 e. The molecular weight excluding hydrogens is 407 g/mol. The summed E-state index contributed by atoms with van der Waals surface area (Å²) in [4.78, 5) is 20.3. The molecule has 0 saturated carbocycles. The van der Waals surface area contributed by atoms with E-state index in [0.29, 0.717) is 36.4 Å². The molecule has 0 spiro atoms. The number of anilines is 3. The highest BCUT2D eigenvalue weighted by atomic mass is 19.1. The van der Waals surface area contributed by atoms with Gasteiger partial charge >= 0.3 is 0 Å². The van der Waals surface area contributed by atoms with E-state index in [2.05, 4.69) is 20.6 Å². The van der Waals surface area contributed by atoms with E-state index in [1.54, 1.807) is 6.07 Å². The fraction of sp³-hybridized carbons (Fsp3) is 0.125. The van der Waals surface area contributed by atoms with E-state index in [1.807, 2.05) is 42.5 Å². The number of carbonyl (C=O) groups is 1. The molecule has 8 heteroatoms. The Morgan fingerprint density at radius 2 is 1.72 bits per heavy atom. The van der Waals surface area contributed by atoms with Gasteiger partial charge in [-0.3, -0.25) is 4.79 Å². The quantitative estimate of drug-likeness (QED) is 0.356. The summed E-state index contributed by atoms with van der Waals surface area (Å²) in [6.45, 7) is 1.11. The number of amides is 1. The summed E-state index contributed by atoms with van der Waals surface area (Å²) in [6.07, 6.45) is 0.682.